The van der Waals surface area contributed by atoms with Crippen LogP contribution in [0.15, 0.2) is 48.5 Å². The molecule has 0 fully saturated rings. The lowest BCUT2D eigenvalue weighted by Gasteiger charge is -2.30. The maximum absolute atomic E-state index is 14.3. The predicted molar refractivity (Wildman–Crippen MR) is 78.6 cm³/mol. The predicted octanol–water partition coefficient (Wildman–Crippen LogP) is 4.82. The quantitative estimate of drug-likeness (QED) is 0.790. The van der Waals surface area contributed by atoms with E-state index in [1.165, 1.54) is 18.2 Å². The number of hydrogen-bond acceptors (Lipinski definition) is 1. The Morgan fingerprint density at radius 3 is 2.19 bits per heavy atom. The van der Waals surface area contributed by atoms with Crippen molar-refractivity contribution in [3.63, 3.8) is 0 Å². The Kier molecular flexibility index (Phi) is 4.37. The molecule has 1 unspecified atom stereocenters. The molecule has 0 amide bonds. The van der Waals surface area contributed by atoms with Crippen LogP contribution in [0.3, 0.4) is 0 Å². The molecule has 2 rings (SSSR count). The molecule has 108 valence electrons. The molecule has 21 heavy (non-hydrogen) atoms. The summed E-state index contributed by atoms with van der Waals surface area (Å²) in [5.74, 6) is -0.595. The molecule has 0 bridgehead atoms. The number of rotatable bonds is 4. The Morgan fingerprint density at radius 1 is 1.05 bits per heavy atom. The van der Waals surface area contributed by atoms with Crippen LogP contribution < -0.4 is 0 Å². The van der Waals surface area contributed by atoms with Crippen molar-refractivity contribution in [3.8, 4) is 6.07 Å². The highest BCUT2D eigenvalue weighted by Crippen LogP contribution is 2.39. The molecule has 0 aromatic heterocycles. The van der Waals surface area contributed by atoms with E-state index in [1.807, 2.05) is 13.8 Å². The van der Waals surface area contributed by atoms with Crippen molar-refractivity contribution in [3.05, 3.63) is 71.3 Å². The molecule has 0 radical (unpaired) electrons. The zero-order chi connectivity index (χ0) is 15.5. The zero-order valence-corrected chi connectivity index (χ0v) is 12.1. The molecule has 1 atom stereocenters. The second-order valence-corrected chi connectivity index (χ2v) is 5.60. The third-order valence-electron chi connectivity index (χ3n) is 3.58. The van der Waals surface area contributed by atoms with Gasteiger partial charge in [0.15, 0.2) is 0 Å². The van der Waals surface area contributed by atoms with Crippen LogP contribution in [-0.4, -0.2) is 0 Å². The minimum atomic E-state index is -1.10. The highest BCUT2D eigenvalue weighted by Gasteiger charge is 2.37. The molecule has 0 saturated heterocycles. The summed E-state index contributed by atoms with van der Waals surface area (Å²) in [5, 5.41) is 9.82. The van der Waals surface area contributed by atoms with Gasteiger partial charge in [-0.25, -0.2) is 8.78 Å². The SMILES string of the molecule is CC(C)CC(C#N)(c1ccc(F)cc1)c1ccccc1F. The summed E-state index contributed by atoms with van der Waals surface area (Å²) in [5.41, 5.74) is -0.147. The molecule has 0 aliphatic carbocycles. The molecule has 2 aromatic carbocycles. The van der Waals surface area contributed by atoms with Crippen molar-refractivity contribution in [1.82, 2.24) is 0 Å². The summed E-state index contributed by atoms with van der Waals surface area (Å²) in [6.07, 6.45) is 0.468. The van der Waals surface area contributed by atoms with Crippen LogP contribution in [0.5, 0.6) is 0 Å². The lowest BCUT2D eigenvalue weighted by molar-refractivity contribution is 0.454. The highest BCUT2D eigenvalue weighted by atomic mass is 19.1. The zero-order valence-electron chi connectivity index (χ0n) is 12.1. The lowest BCUT2D eigenvalue weighted by Crippen LogP contribution is -2.29. The van der Waals surface area contributed by atoms with E-state index in [0.717, 1.165) is 0 Å². The van der Waals surface area contributed by atoms with Crippen LogP contribution in [-0.2, 0) is 5.41 Å². The second-order valence-electron chi connectivity index (χ2n) is 5.60. The maximum atomic E-state index is 14.3. The monoisotopic (exact) mass is 285 g/mol. The molecule has 0 saturated carbocycles. The first-order valence-electron chi connectivity index (χ1n) is 6.92. The molecular formula is C18H17F2N. The van der Waals surface area contributed by atoms with Crippen molar-refractivity contribution in [1.29, 1.82) is 5.26 Å². The fourth-order valence-electron chi connectivity index (χ4n) is 2.71. The van der Waals surface area contributed by atoms with E-state index in [0.29, 0.717) is 17.5 Å². The minimum absolute atomic E-state index is 0.189. The first-order chi connectivity index (χ1) is 9.99. The van der Waals surface area contributed by atoms with Gasteiger partial charge in [-0.05, 0) is 36.1 Å². The smallest absolute Gasteiger partial charge is 0.128 e. The molecule has 3 heteroatoms. The lowest BCUT2D eigenvalue weighted by atomic mass is 9.70. The van der Waals surface area contributed by atoms with Gasteiger partial charge in [-0.15, -0.1) is 0 Å². The van der Waals surface area contributed by atoms with Gasteiger partial charge in [0.2, 0.25) is 0 Å². The summed E-state index contributed by atoms with van der Waals surface area (Å²) < 4.78 is 27.4. The average Bonchev–Trinajstić information content (AvgIpc) is 2.46. The van der Waals surface area contributed by atoms with Gasteiger partial charge in [-0.1, -0.05) is 44.2 Å². The number of nitrogens with zero attached hydrogens (tertiary/aromatic N) is 1. The van der Waals surface area contributed by atoms with Crippen LogP contribution in [0.25, 0.3) is 0 Å². The molecule has 2 aromatic rings. The molecule has 0 N–H and O–H groups in total. The Hall–Kier alpha value is -2.21. The topological polar surface area (TPSA) is 23.8 Å². The third kappa shape index (κ3) is 2.95. The standard InChI is InChI=1S/C18H17F2N/c1-13(2)11-18(12-21,14-7-9-15(19)10-8-14)16-5-3-4-6-17(16)20/h3-10,13H,11H2,1-2H3. The van der Waals surface area contributed by atoms with E-state index in [1.54, 1.807) is 30.3 Å². The number of hydrogen-bond donors (Lipinski definition) is 0. The molecule has 0 aliphatic heterocycles. The van der Waals surface area contributed by atoms with Gasteiger partial charge in [0, 0.05) is 5.56 Å². The summed E-state index contributed by atoms with van der Waals surface area (Å²) >= 11 is 0. The van der Waals surface area contributed by atoms with E-state index in [-0.39, 0.29) is 11.7 Å². The average molecular weight is 285 g/mol. The van der Waals surface area contributed by atoms with E-state index < -0.39 is 11.2 Å². The van der Waals surface area contributed by atoms with E-state index >= 15 is 0 Å². The molecular weight excluding hydrogens is 268 g/mol. The molecule has 0 aliphatic rings. The van der Waals surface area contributed by atoms with Gasteiger partial charge in [-0.2, -0.15) is 5.26 Å². The van der Waals surface area contributed by atoms with E-state index in [4.69, 9.17) is 0 Å². The fourth-order valence-corrected chi connectivity index (χ4v) is 2.71. The van der Waals surface area contributed by atoms with Gasteiger partial charge in [0.1, 0.15) is 17.0 Å². The summed E-state index contributed by atoms with van der Waals surface area (Å²) in [6.45, 7) is 3.97. The first-order valence-corrected chi connectivity index (χ1v) is 6.92. The largest absolute Gasteiger partial charge is 0.207 e. The summed E-state index contributed by atoms with van der Waals surface area (Å²) in [6, 6.07) is 14.3. The van der Waals surface area contributed by atoms with Crippen LogP contribution in [0.2, 0.25) is 0 Å². The van der Waals surface area contributed by atoms with Crippen molar-refractivity contribution < 1.29 is 8.78 Å². The number of nitriles is 1. The van der Waals surface area contributed by atoms with Gasteiger partial charge >= 0.3 is 0 Å². The molecule has 1 nitrogen and oxygen atoms in total. The Morgan fingerprint density at radius 2 is 1.67 bits per heavy atom. The van der Waals surface area contributed by atoms with Gasteiger partial charge in [0.05, 0.1) is 6.07 Å². The van der Waals surface area contributed by atoms with Crippen molar-refractivity contribution >= 4 is 0 Å². The minimum Gasteiger partial charge on any atom is -0.207 e. The first kappa shape index (κ1) is 15.2. The number of benzene rings is 2. The van der Waals surface area contributed by atoms with Crippen LogP contribution in [0.1, 0.15) is 31.4 Å². The molecule has 0 heterocycles. The van der Waals surface area contributed by atoms with Crippen LogP contribution in [0, 0.1) is 28.9 Å². The van der Waals surface area contributed by atoms with Gasteiger partial charge in [-0.3, -0.25) is 0 Å². The second kappa shape index (κ2) is 6.05. The number of halogens is 2. The van der Waals surface area contributed by atoms with Crippen LogP contribution in [0.4, 0.5) is 8.78 Å². The third-order valence-corrected chi connectivity index (χ3v) is 3.58. The van der Waals surface area contributed by atoms with Crippen molar-refractivity contribution in [2.75, 3.05) is 0 Å². The fraction of sp³-hybridized carbons (Fsp3) is 0.278. The summed E-state index contributed by atoms with van der Waals surface area (Å²) in [4.78, 5) is 0. The van der Waals surface area contributed by atoms with Crippen LogP contribution >= 0.6 is 0 Å². The van der Waals surface area contributed by atoms with Crippen molar-refractivity contribution in [2.24, 2.45) is 5.92 Å². The Balaban J connectivity index is 2.67. The molecule has 0 spiro atoms. The Bertz CT molecular complexity index is 656. The van der Waals surface area contributed by atoms with Crippen molar-refractivity contribution in [2.45, 2.75) is 25.7 Å². The van der Waals surface area contributed by atoms with E-state index in [9.17, 15) is 14.0 Å². The maximum Gasteiger partial charge on any atom is 0.128 e. The Labute approximate surface area is 123 Å². The van der Waals surface area contributed by atoms with Gasteiger partial charge in [0.25, 0.3) is 0 Å². The highest BCUT2D eigenvalue weighted by molar-refractivity contribution is 5.46. The normalized spacial score (nSPS) is 13.7. The summed E-state index contributed by atoms with van der Waals surface area (Å²) in [7, 11) is 0. The van der Waals surface area contributed by atoms with E-state index in [2.05, 4.69) is 6.07 Å². The van der Waals surface area contributed by atoms with Gasteiger partial charge < -0.3 is 0 Å².